The zero-order chi connectivity index (χ0) is 18.8. The molecular weight excluding hydrogens is 350 g/mol. The Morgan fingerprint density at radius 1 is 0.963 bits per heavy atom. The number of hydrogen-bond acceptors (Lipinski definition) is 3. The fourth-order valence-electron chi connectivity index (χ4n) is 3.61. The second-order valence-electron chi connectivity index (χ2n) is 6.56. The van der Waals surface area contributed by atoms with Crippen LogP contribution in [0.2, 0.25) is 0 Å². The van der Waals surface area contributed by atoms with E-state index in [1.807, 2.05) is 35.7 Å². The van der Waals surface area contributed by atoms with Crippen LogP contribution in [0.3, 0.4) is 0 Å². The van der Waals surface area contributed by atoms with Crippen molar-refractivity contribution in [2.24, 2.45) is 5.92 Å². The molecular formula is C23H17N3S. The van der Waals surface area contributed by atoms with Crippen molar-refractivity contribution in [2.45, 2.75) is 12.8 Å². The molecule has 0 fully saturated rings. The number of rotatable bonds is 4. The van der Waals surface area contributed by atoms with E-state index < -0.39 is 5.92 Å². The van der Waals surface area contributed by atoms with Gasteiger partial charge in [0, 0.05) is 15.8 Å². The van der Waals surface area contributed by atoms with Gasteiger partial charge in [0.2, 0.25) is 0 Å². The summed E-state index contributed by atoms with van der Waals surface area (Å²) in [7, 11) is 0. The molecule has 1 N–H and O–H groups in total. The molecule has 3 nitrogen and oxygen atoms in total. The molecule has 2 aromatic carbocycles. The molecule has 0 amide bonds. The maximum atomic E-state index is 9.69. The maximum absolute atomic E-state index is 9.69. The SMILES string of the molecule is Cc1ccc2c([C@H](c3cccs3)C(C#N)C#N)c(-c3ccccc3)[nH]c2c1. The number of H-pyrrole nitrogens is 1. The highest BCUT2D eigenvalue weighted by Gasteiger charge is 2.31. The molecule has 0 saturated carbocycles. The average Bonchev–Trinajstić information content (AvgIpc) is 3.34. The predicted octanol–water partition coefficient (Wildman–Crippen LogP) is 6.00. The van der Waals surface area contributed by atoms with Crippen molar-refractivity contribution in [2.75, 3.05) is 0 Å². The molecule has 4 aromatic rings. The number of aromatic nitrogens is 1. The predicted molar refractivity (Wildman–Crippen MR) is 109 cm³/mol. The van der Waals surface area contributed by atoms with Crippen LogP contribution in [0.25, 0.3) is 22.2 Å². The van der Waals surface area contributed by atoms with Gasteiger partial charge >= 0.3 is 0 Å². The summed E-state index contributed by atoms with van der Waals surface area (Å²) < 4.78 is 0. The Bertz CT molecular complexity index is 1140. The van der Waals surface area contributed by atoms with Crippen LogP contribution in [-0.4, -0.2) is 4.98 Å². The van der Waals surface area contributed by atoms with Crippen LogP contribution >= 0.6 is 11.3 Å². The number of nitriles is 2. The van der Waals surface area contributed by atoms with Crippen molar-refractivity contribution in [3.63, 3.8) is 0 Å². The Hall–Kier alpha value is -3.34. The van der Waals surface area contributed by atoms with Crippen LogP contribution in [-0.2, 0) is 0 Å². The van der Waals surface area contributed by atoms with Crippen molar-refractivity contribution >= 4 is 22.2 Å². The summed E-state index contributed by atoms with van der Waals surface area (Å²) in [5, 5.41) is 22.4. The van der Waals surface area contributed by atoms with Crippen LogP contribution in [0, 0.1) is 35.5 Å². The standard InChI is InChI=1S/C23H17N3S/c1-15-9-10-18-19(12-15)26-23(16-6-3-2-4-7-16)22(18)21(17(13-24)14-25)20-8-5-11-27-20/h2-12,17,21,26H,1H3/t21-/m0/s1. The highest BCUT2D eigenvalue weighted by atomic mass is 32.1. The zero-order valence-electron chi connectivity index (χ0n) is 14.8. The number of nitrogens with zero attached hydrogens (tertiary/aromatic N) is 2. The third kappa shape index (κ3) is 3.01. The summed E-state index contributed by atoms with van der Waals surface area (Å²) in [5.74, 6) is -1.06. The number of fused-ring (bicyclic) bond motifs is 1. The summed E-state index contributed by atoms with van der Waals surface area (Å²) >= 11 is 1.59. The molecule has 0 aliphatic rings. The first-order valence-corrected chi connectivity index (χ1v) is 9.61. The smallest absolute Gasteiger partial charge is 0.145 e. The highest BCUT2D eigenvalue weighted by Crippen LogP contribution is 2.43. The Morgan fingerprint density at radius 3 is 2.41 bits per heavy atom. The quantitative estimate of drug-likeness (QED) is 0.481. The molecule has 4 rings (SSSR count). The summed E-state index contributed by atoms with van der Waals surface area (Å²) in [6, 6.07) is 24.8. The fraction of sp³-hybridized carbons (Fsp3) is 0.130. The topological polar surface area (TPSA) is 63.4 Å². The van der Waals surface area contributed by atoms with Gasteiger partial charge in [0.15, 0.2) is 0 Å². The zero-order valence-corrected chi connectivity index (χ0v) is 15.6. The molecule has 0 saturated heterocycles. The normalized spacial score (nSPS) is 12.0. The summed E-state index contributed by atoms with van der Waals surface area (Å²) in [4.78, 5) is 4.58. The Labute approximate surface area is 162 Å². The maximum Gasteiger partial charge on any atom is 0.145 e. The molecule has 4 heteroatoms. The van der Waals surface area contributed by atoms with Crippen molar-refractivity contribution < 1.29 is 0 Å². The van der Waals surface area contributed by atoms with E-state index in [0.29, 0.717) is 0 Å². The average molecular weight is 367 g/mol. The Kier molecular flexibility index (Phi) is 4.50. The summed E-state index contributed by atoms with van der Waals surface area (Å²) in [6.07, 6.45) is 0. The monoisotopic (exact) mass is 367 g/mol. The van der Waals surface area contributed by atoms with Crippen LogP contribution < -0.4 is 0 Å². The van der Waals surface area contributed by atoms with E-state index in [1.165, 1.54) is 5.56 Å². The van der Waals surface area contributed by atoms with E-state index in [0.717, 1.165) is 32.6 Å². The number of aromatic amines is 1. The fourth-order valence-corrected chi connectivity index (χ4v) is 4.48. The molecule has 0 unspecified atom stereocenters. The van der Waals surface area contributed by atoms with Gasteiger partial charge in [-0.2, -0.15) is 10.5 Å². The second-order valence-corrected chi connectivity index (χ2v) is 7.54. The molecule has 0 spiro atoms. The van der Waals surface area contributed by atoms with Crippen molar-refractivity contribution in [1.82, 2.24) is 4.98 Å². The van der Waals surface area contributed by atoms with Crippen molar-refractivity contribution in [3.05, 3.63) is 82.0 Å². The third-order valence-electron chi connectivity index (χ3n) is 4.83. The molecule has 1 atom stereocenters. The molecule has 27 heavy (non-hydrogen) atoms. The van der Waals surface area contributed by atoms with Crippen LogP contribution in [0.1, 0.15) is 21.9 Å². The minimum atomic E-state index is -0.758. The number of hydrogen-bond donors (Lipinski definition) is 1. The van der Waals surface area contributed by atoms with E-state index in [4.69, 9.17) is 0 Å². The van der Waals surface area contributed by atoms with Crippen molar-refractivity contribution in [1.29, 1.82) is 10.5 Å². The first-order valence-electron chi connectivity index (χ1n) is 8.73. The van der Waals surface area contributed by atoms with E-state index >= 15 is 0 Å². The number of aryl methyl sites for hydroxylation is 1. The lowest BCUT2D eigenvalue weighted by Crippen LogP contribution is -2.11. The van der Waals surface area contributed by atoms with Crippen LogP contribution in [0.15, 0.2) is 66.0 Å². The largest absolute Gasteiger partial charge is 0.354 e. The molecule has 0 radical (unpaired) electrons. The van der Waals surface area contributed by atoms with E-state index in [2.05, 4.69) is 54.4 Å². The molecule has 2 aromatic heterocycles. The number of nitrogens with one attached hydrogen (secondary N) is 1. The number of benzene rings is 2. The lowest BCUT2D eigenvalue weighted by Gasteiger charge is -2.18. The minimum absolute atomic E-state index is 0.299. The van der Waals surface area contributed by atoms with Gasteiger partial charge in [-0.3, -0.25) is 0 Å². The third-order valence-corrected chi connectivity index (χ3v) is 5.78. The molecule has 0 bridgehead atoms. The van der Waals surface area contributed by atoms with Gasteiger partial charge in [-0.15, -0.1) is 11.3 Å². The summed E-state index contributed by atoms with van der Waals surface area (Å²) in [5.41, 5.74) is 5.24. The van der Waals surface area contributed by atoms with Gasteiger partial charge < -0.3 is 4.98 Å². The Morgan fingerprint density at radius 2 is 1.74 bits per heavy atom. The van der Waals surface area contributed by atoms with Gasteiger partial charge in [-0.1, -0.05) is 48.5 Å². The summed E-state index contributed by atoms with van der Waals surface area (Å²) in [6.45, 7) is 2.06. The van der Waals surface area contributed by atoms with Gasteiger partial charge in [0.05, 0.1) is 23.8 Å². The first kappa shape index (κ1) is 17.1. The molecule has 0 aliphatic carbocycles. The highest BCUT2D eigenvalue weighted by molar-refractivity contribution is 7.10. The molecule has 2 heterocycles. The molecule has 130 valence electrons. The van der Waals surface area contributed by atoms with E-state index in [1.54, 1.807) is 11.3 Å². The van der Waals surface area contributed by atoms with E-state index in [-0.39, 0.29) is 5.92 Å². The van der Waals surface area contributed by atoms with Gasteiger partial charge in [0.25, 0.3) is 0 Å². The van der Waals surface area contributed by atoms with Crippen LogP contribution in [0.5, 0.6) is 0 Å². The second kappa shape index (κ2) is 7.11. The van der Waals surface area contributed by atoms with E-state index in [9.17, 15) is 10.5 Å². The van der Waals surface area contributed by atoms with Gasteiger partial charge in [0.1, 0.15) is 5.92 Å². The lowest BCUT2D eigenvalue weighted by molar-refractivity contribution is 0.728. The minimum Gasteiger partial charge on any atom is -0.354 e. The van der Waals surface area contributed by atoms with Crippen LogP contribution in [0.4, 0.5) is 0 Å². The van der Waals surface area contributed by atoms with Gasteiger partial charge in [-0.25, -0.2) is 0 Å². The Balaban J connectivity index is 2.06. The first-order chi connectivity index (χ1) is 13.2. The number of thiophene rings is 1. The lowest BCUT2D eigenvalue weighted by atomic mass is 9.83. The van der Waals surface area contributed by atoms with Crippen molar-refractivity contribution in [3.8, 4) is 23.4 Å². The molecule has 0 aliphatic heterocycles. The van der Waals surface area contributed by atoms with Gasteiger partial charge in [-0.05, 0) is 41.1 Å².